The van der Waals surface area contributed by atoms with E-state index in [0.29, 0.717) is 19.3 Å². The SMILES string of the molecule is CCCCCC/C=C/C=C/CCCCCCCC(=O)OC[C@H](COP(=O)(O)OC[C@@H](O)CO)OC(=O)CCC/C=C/C/C=C/CCCCCCCCCCC. The van der Waals surface area contributed by atoms with Gasteiger partial charge in [0.15, 0.2) is 6.10 Å². The number of phosphoric ester groups is 1. The Morgan fingerprint density at radius 1 is 0.564 bits per heavy atom. The van der Waals surface area contributed by atoms with Crippen LogP contribution in [0.3, 0.4) is 0 Å². The van der Waals surface area contributed by atoms with E-state index in [2.05, 4.69) is 60.9 Å². The Bertz CT molecular complexity index is 1060. The molecular formula is C44H79O10P. The number of aliphatic hydroxyl groups excluding tert-OH is 2. The van der Waals surface area contributed by atoms with E-state index in [1.54, 1.807) is 0 Å². The van der Waals surface area contributed by atoms with Crippen molar-refractivity contribution in [2.45, 2.75) is 193 Å². The average molecular weight is 799 g/mol. The van der Waals surface area contributed by atoms with Gasteiger partial charge in [0.25, 0.3) is 0 Å². The number of unbranched alkanes of at least 4 members (excludes halogenated alkanes) is 19. The Morgan fingerprint density at radius 2 is 1.02 bits per heavy atom. The van der Waals surface area contributed by atoms with Crippen molar-refractivity contribution >= 4 is 19.8 Å². The van der Waals surface area contributed by atoms with E-state index in [9.17, 15) is 24.2 Å². The van der Waals surface area contributed by atoms with Crippen molar-refractivity contribution < 1.29 is 47.8 Å². The fraction of sp³-hybridized carbons (Fsp3) is 0.773. The van der Waals surface area contributed by atoms with Crippen molar-refractivity contribution in [2.75, 3.05) is 26.4 Å². The van der Waals surface area contributed by atoms with Crippen molar-refractivity contribution in [2.24, 2.45) is 0 Å². The van der Waals surface area contributed by atoms with Crippen LogP contribution in [0.15, 0.2) is 48.6 Å². The maximum absolute atomic E-state index is 12.6. The minimum atomic E-state index is -4.63. The minimum Gasteiger partial charge on any atom is -0.462 e. The van der Waals surface area contributed by atoms with Gasteiger partial charge in [-0.3, -0.25) is 18.6 Å². The van der Waals surface area contributed by atoms with Crippen LogP contribution in [0.1, 0.15) is 181 Å². The number of ether oxygens (including phenoxy) is 2. The average Bonchev–Trinajstić information content (AvgIpc) is 3.17. The fourth-order valence-electron chi connectivity index (χ4n) is 5.61. The summed E-state index contributed by atoms with van der Waals surface area (Å²) in [5.74, 6) is -0.996. The van der Waals surface area contributed by atoms with Crippen LogP contribution in [-0.2, 0) is 32.7 Å². The van der Waals surface area contributed by atoms with Crippen LogP contribution >= 0.6 is 7.82 Å². The van der Waals surface area contributed by atoms with E-state index in [1.807, 2.05) is 6.08 Å². The lowest BCUT2D eigenvalue weighted by molar-refractivity contribution is -0.161. The maximum Gasteiger partial charge on any atom is 0.472 e. The van der Waals surface area contributed by atoms with Gasteiger partial charge in [-0.05, 0) is 64.2 Å². The number of allylic oxidation sites excluding steroid dienone is 8. The summed E-state index contributed by atoms with van der Waals surface area (Å²) in [7, 11) is -4.63. The Morgan fingerprint density at radius 3 is 1.58 bits per heavy atom. The highest BCUT2D eigenvalue weighted by Crippen LogP contribution is 2.43. The zero-order chi connectivity index (χ0) is 40.5. The molecule has 11 heteroatoms. The molecule has 0 spiro atoms. The second-order valence-corrected chi connectivity index (χ2v) is 15.8. The number of phosphoric acid groups is 1. The normalized spacial score (nSPS) is 14.3. The molecule has 0 amide bonds. The van der Waals surface area contributed by atoms with Gasteiger partial charge in [-0.15, -0.1) is 0 Å². The molecule has 0 aliphatic rings. The van der Waals surface area contributed by atoms with E-state index < -0.39 is 51.8 Å². The summed E-state index contributed by atoms with van der Waals surface area (Å²) in [5, 5.41) is 18.3. The quantitative estimate of drug-likeness (QED) is 0.0180. The van der Waals surface area contributed by atoms with Crippen LogP contribution in [0.4, 0.5) is 0 Å². The van der Waals surface area contributed by atoms with Gasteiger partial charge in [-0.1, -0.05) is 152 Å². The predicted molar refractivity (Wildman–Crippen MR) is 224 cm³/mol. The molecule has 0 heterocycles. The highest BCUT2D eigenvalue weighted by molar-refractivity contribution is 7.47. The Labute approximate surface area is 334 Å². The topological polar surface area (TPSA) is 149 Å². The number of hydrogen-bond donors (Lipinski definition) is 3. The van der Waals surface area contributed by atoms with Crippen molar-refractivity contribution in [1.29, 1.82) is 0 Å². The Balaban J connectivity index is 4.40. The van der Waals surface area contributed by atoms with Gasteiger partial charge in [0.2, 0.25) is 0 Å². The molecule has 55 heavy (non-hydrogen) atoms. The third kappa shape index (κ3) is 39.9. The number of aliphatic hydroxyl groups is 2. The van der Waals surface area contributed by atoms with Gasteiger partial charge in [-0.2, -0.15) is 0 Å². The molecule has 0 radical (unpaired) electrons. The number of carbonyl (C=O) groups is 2. The highest BCUT2D eigenvalue weighted by Gasteiger charge is 2.27. The molecule has 320 valence electrons. The van der Waals surface area contributed by atoms with E-state index in [4.69, 9.17) is 19.1 Å². The standard InChI is InChI=1S/C44H79O10P/c1-3-5-7-9-11-13-15-17-19-20-22-24-26-28-30-32-34-36-44(48)54-42(40-53-55(49,50)52-38-41(46)37-45)39-51-43(47)35-33-31-29-27-25-23-21-18-16-14-12-10-8-6-4-2/h14,16,18,21-22,24,28,30,41-42,45-46H,3-13,15,17,19-20,23,25-27,29,31-40H2,1-2H3,(H,49,50)/b16-14+,21-18+,24-22+,30-28+/t41-,42+/m0/s1. The molecule has 0 aromatic carbocycles. The summed E-state index contributed by atoms with van der Waals surface area (Å²) < 4.78 is 32.6. The second kappa shape index (κ2) is 40.1. The van der Waals surface area contributed by atoms with Crippen LogP contribution in [-0.4, -0.2) is 65.7 Å². The lowest BCUT2D eigenvalue weighted by Gasteiger charge is -2.20. The van der Waals surface area contributed by atoms with Crippen molar-refractivity contribution in [3.05, 3.63) is 48.6 Å². The van der Waals surface area contributed by atoms with Crippen LogP contribution < -0.4 is 0 Å². The third-order valence-corrected chi connectivity index (χ3v) is 9.93. The molecule has 0 aliphatic carbocycles. The first-order chi connectivity index (χ1) is 26.7. The van der Waals surface area contributed by atoms with Crippen molar-refractivity contribution in [3.8, 4) is 0 Å². The second-order valence-electron chi connectivity index (χ2n) is 14.4. The molecule has 0 bridgehead atoms. The summed E-state index contributed by atoms with van der Waals surface area (Å²) in [4.78, 5) is 34.9. The molecule has 0 aromatic heterocycles. The number of rotatable bonds is 40. The third-order valence-electron chi connectivity index (χ3n) is 8.98. The minimum absolute atomic E-state index is 0.116. The summed E-state index contributed by atoms with van der Waals surface area (Å²) in [6, 6.07) is 0. The van der Waals surface area contributed by atoms with E-state index in [-0.39, 0.29) is 19.4 Å². The van der Waals surface area contributed by atoms with E-state index >= 15 is 0 Å². The first-order valence-corrected chi connectivity index (χ1v) is 23.1. The molecule has 0 fully saturated rings. The molecular weight excluding hydrogens is 719 g/mol. The van der Waals surface area contributed by atoms with Gasteiger partial charge in [0, 0.05) is 12.8 Å². The smallest absolute Gasteiger partial charge is 0.462 e. The summed E-state index contributed by atoms with van der Waals surface area (Å²) in [5.41, 5.74) is 0. The first kappa shape index (κ1) is 52.9. The number of carbonyl (C=O) groups excluding carboxylic acids is 2. The highest BCUT2D eigenvalue weighted by atomic mass is 31.2. The van der Waals surface area contributed by atoms with Crippen molar-refractivity contribution in [1.82, 2.24) is 0 Å². The van der Waals surface area contributed by atoms with Crippen LogP contribution in [0.5, 0.6) is 0 Å². The molecule has 0 aliphatic heterocycles. The maximum atomic E-state index is 12.6. The zero-order valence-electron chi connectivity index (χ0n) is 34.6. The molecule has 1 unspecified atom stereocenters. The van der Waals surface area contributed by atoms with Gasteiger partial charge in [0.1, 0.15) is 12.7 Å². The van der Waals surface area contributed by atoms with Gasteiger partial charge in [0.05, 0.1) is 19.8 Å². The molecule has 0 saturated heterocycles. The Kier molecular flexibility index (Phi) is 38.6. The molecule has 3 N–H and O–H groups in total. The molecule has 0 rings (SSSR count). The number of hydrogen-bond acceptors (Lipinski definition) is 9. The molecule has 3 atom stereocenters. The molecule has 10 nitrogen and oxygen atoms in total. The van der Waals surface area contributed by atoms with Crippen LogP contribution in [0.2, 0.25) is 0 Å². The van der Waals surface area contributed by atoms with Crippen LogP contribution in [0.25, 0.3) is 0 Å². The summed E-state index contributed by atoms with van der Waals surface area (Å²) >= 11 is 0. The lowest BCUT2D eigenvalue weighted by atomic mass is 10.1. The van der Waals surface area contributed by atoms with E-state index in [1.165, 1.54) is 83.5 Å². The predicted octanol–water partition coefficient (Wildman–Crippen LogP) is 11.3. The van der Waals surface area contributed by atoms with Gasteiger partial charge >= 0.3 is 19.8 Å². The van der Waals surface area contributed by atoms with Crippen molar-refractivity contribution in [3.63, 3.8) is 0 Å². The number of esters is 2. The molecule has 0 saturated carbocycles. The summed E-state index contributed by atoms with van der Waals surface area (Å²) in [6.45, 7) is 2.29. The Hall–Kier alpha value is -2.07. The van der Waals surface area contributed by atoms with Gasteiger partial charge < -0.3 is 24.6 Å². The molecule has 0 aromatic rings. The lowest BCUT2D eigenvalue weighted by Crippen LogP contribution is -2.29. The summed E-state index contributed by atoms with van der Waals surface area (Å²) in [6.07, 6.45) is 42.3. The zero-order valence-corrected chi connectivity index (χ0v) is 35.5. The van der Waals surface area contributed by atoms with Crippen LogP contribution in [0, 0.1) is 0 Å². The van der Waals surface area contributed by atoms with E-state index in [0.717, 1.165) is 51.4 Å². The largest absolute Gasteiger partial charge is 0.472 e. The first-order valence-electron chi connectivity index (χ1n) is 21.6. The fourth-order valence-corrected chi connectivity index (χ4v) is 6.40. The van der Waals surface area contributed by atoms with Gasteiger partial charge in [-0.25, -0.2) is 4.57 Å². The monoisotopic (exact) mass is 799 g/mol.